The van der Waals surface area contributed by atoms with Crippen molar-refractivity contribution in [3.63, 3.8) is 0 Å². The molecule has 0 aromatic carbocycles. The number of carbonyl (C=O) groups excluding carboxylic acids is 2. The molecular weight excluding hydrogens is 767 g/mol. The number of nitrogens with one attached hydrogen (secondary N) is 1. The number of aliphatic hydroxyl groups is 2. The van der Waals surface area contributed by atoms with Crippen LogP contribution >= 0.6 is 0 Å². The van der Waals surface area contributed by atoms with Crippen molar-refractivity contribution in [2.75, 3.05) is 13.2 Å². The molecule has 0 spiro atoms. The lowest BCUT2D eigenvalue weighted by Gasteiger charge is -2.22. The highest BCUT2D eigenvalue weighted by atomic mass is 16.5. The van der Waals surface area contributed by atoms with E-state index in [0.717, 1.165) is 70.6 Å². The summed E-state index contributed by atoms with van der Waals surface area (Å²) in [4.78, 5) is 24.5. The highest BCUT2D eigenvalue weighted by Crippen LogP contribution is 2.17. The van der Waals surface area contributed by atoms with Crippen LogP contribution in [0.1, 0.15) is 309 Å². The Bertz CT molecular complexity index is 924. The minimum Gasteiger partial charge on any atom is -0.466 e. The molecule has 6 heteroatoms. The standard InChI is InChI=1S/C56H109NO5/c1-3-5-7-9-11-13-15-17-18-19-20-21-22-23-25-28-32-36-40-44-48-54(59)53(52-58)57-55(60)49-45-41-37-33-29-26-24-27-31-35-39-43-47-51-62-56(61)50-46-42-38-34-30-16-14-12-10-8-6-4-2/h26,29,53-54,58-59H,3-25,27-28,30-52H2,1-2H3,(H,57,60)/b29-26-. The van der Waals surface area contributed by atoms with E-state index in [-0.39, 0.29) is 18.5 Å². The smallest absolute Gasteiger partial charge is 0.305 e. The maximum Gasteiger partial charge on any atom is 0.305 e. The molecule has 2 atom stereocenters. The molecule has 0 saturated heterocycles. The molecule has 0 saturated carbocycles. The van der Waals surface area contributed by atoms with Gasteiger partial charge in [0.1, 0.15) is 0 Å². The van der Waals surface area contributed by atoms with Gasteiger partial charge >= 0.3 is 5.97 Å². The molecule has 1 amide bonds. The van der Waals surface area contributed by atoms with Crippen LogP contribution in [0, 0.1) is 0 Å². The molecule has 0 rings (SSSR count). The van der Waals surface area contributed by atoms with Crippen LogP contribution in [0.3, 0.4) is 0 Å². The Morgan fingerprint density at radius 3 is 1.16 bits per heavy atom. The van der Waals surface area contributed by atoms with Gasteiger partial charge in [-0.05, 0) is 51.4 Å². The number of ether oxygens (including phenoxy) is 1. The summed E-state index contributed by atoms with van der Waals surface area (Å²) in [6.07, 6.45) is 60.5. The molecule has 0 aliphatic carbocycles. The quantitative estimate of drug-likeness (QED) is 0.0321. The summed E-state index contributed by atoms with van der Waals surface area (Å²) in [5.41, 5.74) is 0. The summed E-state index contributed by atoms with van der Waals surface area (Å²) in [6, 6.07) is -0.561. The third-order valence-electron chi connectivity index (χ3n) is 13.1. The molecule has 368 valence electrons. The van der Waals surface area contributed by atoms with Crippen LogP contribution in [0.2, 0.25) is 0 Å². The molecular formula is C56H109NO5. The van der Waals surface area contributed by atoms with E-state index in [4.69, 9.17) is 4.74 Å². The monoisotopic (exact) mass is 876 g/mol. The summed E-state index contributed by atoms with van der Waals surface area (Å²) < 4.78 is 5.45. The Hall–Kier alpha value is -1.40. The fourth-order valence-electron chi connectivity index (χ4n) is 8.75. The van der Waals surface area contributed by atoms with Gasteiger partial charge in [-0.25, -0.2) is 0 Å². The molecule has 3 N–H and O–H groups in total. The number of aliphatic hydroxyl groups excluding tert-OH is 2. The predicted molar refractivity (Wildman–Crippen MR) is 269 cm³/mol. The number of unbranched alkanes of at least 4 members (excludes halogenated alkanes) is 39. The van der Waals surface area contributed by atoms with E-state index < -0.39 is 12.1 Å². The first-order valence-corrected chi connectivity index (χ1v) is 27.9. The first kappa shape index (κ1) is 60.6. The Kier molecular flexibility index (Phi) is 51.0. The lowest BCUT2D eigenvalue weighted by Crippen LogP contribution is -2.45. The summed E-state index contributed by atoms with van der Waals surface area (Å²) in [6.45, 7) is 4.93. The van der Waals surface area contributed by atoms with E-state index in [2.05, 4.69) is 31.3 Å². The summed E-state index contributed by atoms with van der Waals surface area (Å²) in [5.74, 6) is -0.0730. The second-order valence-corrected chi connectivity index (χ2v) is 19.3. The molecule has 0 aromatic heterocycles. The number of hydrogen-bond donors (Lipinski definition) is 3. The van der Waals surface area contributed by atoms with Gasteiger partial charge in [0.25, 0.3) is 0 Å². The SMILES string of the molecule is CCCCCCCCCCCCCCCCCCCCCCC(O)C(CO)NC(=O)CCCCC/C=C\CCCCCCCCOC(=O)CCCCCCCCCCCCCC. The van der Waals surface area contributed by atoms with Gasteiger partial charge in [-0.15, -0.1) is 0 Å². The molecule has 0 aliphatic rings. The largest absolute Gasteiger partial charge is 0.466 e. The van der Waals surface area contributed by atoms with E-state index >= 15 is 0 Å². The minimum atomic E-state index is -0.681. The molecule has 0 fully saturated rings. The van der Waals surface area contributed by atoms with Gasteiger partial charge in [-0.3, -0.25) is 9.59 Å². The topological polar surface area (TPSA) is 95.9 Å². The second kappa shape index (κ2) is 52.2. The summed E-state index contributed by atoms with van der Waals surface area (Å²) >= 11 is 0. The van der Waals surface area contributed by atoms with E-state index in [0.29, 0.717) is 25.9 Å². The van der Waals surface area contributed by atoms with Crippen LogP contribution < -0.4 is 5.32 Å². The van der Waals surface area contributed by atoms with E-state index in [1.807, 2.05) is 0 Å². The van der Waals surface area contributed by atoms with Crippen molar-refractivity contribution in [3.8, 4) is 0 Å². The van der Waals surface area contributed by atoms with Crippen LogP contribution in [-0.2, 0) is 14.3 Å². The van der Waals surface area contributed by atoms with E-state index in [1.54, 1.807) is 0 Å². The van der Waals surface area contributed by atoms with Crippen LogP contribution in [0.15, 0.2) is 12.2 Å². The zero-order valence-corrected chi connectivity index (χ0v) is 41.9. The number of esters is 1. The first-order valence-electron chi connectivity index (χ1n) is 27.9. The zero-order chi connectivity index (χ0) is 45.1. The third-order valence-corrected chi connectivity index (χ3v) is 13.1. The number of amides is 1. The van der Waals surface area contributed by atoms with Crippen molar-refractivity contribution in [1.82, 2.24) is 5.32 Å². The number of hydrogen-bond acceptors (Lipinski definition) is 5. The maximum atomic E-state index is 12.5. The zero-order valence-electron chi connectivity index (χ0n) is 41.9. The van der Waals surface area contributed by atoms with Gasteiger partial charge in [0, 0.05) is 12.8 Å². The van der Waals surface area contributed by atoms with Crippen LogP contribution in [0.5, 0.6) is 0 Å². The third kappa shape index (κ3) is 48.1. The van der Waals surface area contributed by atoms with Crippen LogP contribution in [0.25, 0.3) is 0 Å². The van der Waals surface area contributed by atoms with Crippen molar-refractivity contribution in [3.05, 3.63) is 12.2 Å². The van der Waals surface area contributed by atoms with Crippen LogP contribution in [0.4, 0.5) is 0 Å². The van der Waals surface area contributed by atoms with Gasteiger partial charge in [0.15, 0.2) is 0 Å². The lowest BCUT2D eigenvalue weighted by atomic mass is 10.0. The second-order valence-electron chi connectivity index (χ2n) is 19.3. The molecule has 2 unspecified atom stereocenters. The molecule has 0 aromatic rings. The van der Waals surface area contributed by atoms with Crippen molar-refractivity contribution in [1.29, 1.82) is 0 Å². The van der Waals surface area contributed by atoms with E-state index in [9.17, 15) is 19.8 Å². The predicted octanol–water partition coefficient (Wildman–Crippen LogP) is 16.9. The Labute approximate surface area is 387 Å². The molecule has 0 radical (unpaired) electrons. The van der Waals surface area contributed by atoms with Crippen molar-refractivity contribution in [2.45, 2.75) is 321 Å². The van der Waals surface area contributed by atoms with Crippen molar-refractivity contribution >= 4 is 11.9 Å². The maximum absolute atomic E-state index is 12.5. The number of carbonyl (C=O) groups is 2. The average Bonchev–Trinajstić information content (AvgIpc) is 3.27. The van der Waals surface area contributed by atoms with Gasteiger partial charge in [-0.2, -0.15) is 0 Å². The van der Waals surface area contributed by atoms with Gasteiger partial charge < -0.3 is 20.3 Å². The number of rotatable bonds is 52. The van der Waals surface area contributed by atoms with Crippen LogP contribution in [-0.4, -0.2) is 47.4 Å². The van der Waals surface area contributed by atoms with Gasteiger partial charge in [0.2, 0.25) is 5.91 Å². The molecule has 6 nitrogen and oxygen atoms in total. The summed E-state index contributed by atoms with van der Waals surface area (Å²) in [7, 11) is 0. The normalized spacial score (nSPS) is 12.6. The minimum absolute atomic E-state index is 0.0112. The molecule has 0 aliphatic heterocycles. The van der Waals surface area contributed by atoms with Crippen molar-refractivity contribution in [2.24, 2.45) is 0 Å². The fraction of sp³-hybridized carbons (Fsp3) is 0.929. The molecule has 62 heavy (non-hydrogen) atoms. The molecule has 0 bridgehead atoms. The lowest BCUT2D eigenvalue weighted by molar-refractivity contribution is -0.143. The Morgan fingerprint density at radius 2 is 0.758 bits per heavy atom. The van der Waals surface area contributed by atoms with E-state index in [1.165, 1.54) is 205 Å². The van der Waals surface area contributed by atoms with Crippen molar-refractivity contribution < 1.29 is 24.5 Å². The Balaban J connectivity index is 3.49. The number of allylic oxidation sites excluding steroid dienone is 2. The summed E-state index contributed by atoms with van der Waals surface area (Å²) in [5, 5.41) is 23.3. The highest BCUT2D eigenvalue weighted by Gasteiger charge is 2.20. The highest BCUT2D eigenvalue weighted by molar-refractivity contribution is 5.76. The first-order chi connectivity index (χ1) is 30.5. The Morgan fingerprint density at radius 1 is 0.435 bits per heavy atom. The fourth-order valence-corrected chi connectivity index (χ4v) is 8.75. The molecule has 0 heterocycles. The van der Waals surface area contributed by atoms with Gasteiger partial charge in [0.05, 0.1) is 25.4 Å². The average molecular weight is 876 g/mol. The van der Waals surface area contributed by atoms with Gasteiger partial charge in [-0.1, -0.05) is 257 Å².